The van der Waals surface area contributed by atoms with Crippen LogP contribution < -0.4 is 10.6 Å². The Bertz CT molecular complexity index is 657. The van der Waals surface area contributed by atoms with Gasteiger partial charge in [-0.25, -0.2) is 4.98 Å². The van der Waals surface area contributed by atoms with E-state index in [1.807, 2.05) is 42.5 Å². The SMILES string of the molecule is O=C(NCCN1CCOCC1)c1cccc(Nc2ccccc2)n1. The Labute approximate surface area is 141 Å². The minimum absolute atomic E-state index is 0.153. The molecule has 0 radical (unpaired) electrons. The van der Waals surface area contributed by atoms with Crippen molar-refractivity contribution < 1.29 is 9.53 Å². The number of hydrogen-bond donors (Lipinski definition) is 2. The molecule has 2 N–H and O–H groups in total. The van der Waals surface area contributed by atoms with Crippen molar-refractivity contribution in [2.24, 2.45) is 0 Å². The first-order chi connectivity index (χ1) is 11.8. The lowest BCUT2D eigenvalue weighted by Gasteiger charge is -2.26. The van der Waals surface area contributed by atoms with Crippen molar-refractivity contribution in [1.29, 1.82) is 0 Å². The number of rotatable bonds is 6. The fourth-order valence-corrected chi connectivity index (χ4v) is 2.54. The number of ether oxygens (including phenoxy) is 1. The van der Waals surface area contributed by atoms with Crippen LogP contribution in [0.5, 0.6) is 0 Å². The molecule has 1 saturated heterocycles. The number of benzene rings is 1. The van der Waals surface area contributed by atoms with Gasteiger partial charge in [-0.15, -0.1) is 0 Å². The second-order valence-corrected chi connectivity index (χ2v) is 5.61. The Hall–Kier alpha value is -2.44. The maximum Gasteiger partial charge on any atom is 0.270 e. The monoisotopic (exact) mass is 326 g/mol. The molecular formula is C18H22N4O2. The molecule has 6 heteroatoms. The zero-order valence-corrected chi connectivity index (χ0v) is 13.6. The molecule has 3 rings (SSSR count). The van der Waals surface area contributed by atoms with E-state index >= 15 is 0 Å². The van der Waals surface area contributed by atoms with Crippen LogP contribution in [0.3, 0.4) is 0 Å². The van der Waals surface area contributed by atoms with Crippen molar-refractivity contribution in [3.63, 3.8) is 0 Å². The largest absolute Gasteiger partial charge is 0.379 e. The molecule has 0 bridgehead atoms. The van der Waals surface area contributed by atoms with Gasteiger partial charge >= 0.3 is 0 Å². The summed E-state index contributed by atoms with van der Waals surface area (Å²) in [6, 6.07) is 15.2. The Balaban J connectivity index is 1.52. The highest BCUT2D eigenvalue weighted by Gasteiger charge is 2.11. The maximum absolute atomic E-state index is 12.2. The number of carbonyl (C=O) groups excluding carboxylic acids is 1. The van der Waals surface area contributed by atoms with E-state index < -0.39 is 0 Å². The number of hydrogen-bond acceptors (Lipinski definition) is 5. The first-order valence-electron chi connectivity index (χ1n) is 8.19. The molecule has 0 aliphatic carbocycles. The molecular weight excluding hydrogens is 304 g/mol. The maximum atomic E-state index is 12.2. The lowest BCUT2D eigenvalue weighted by Crippen LogP contribution is -2.41. The van der Waals surface area contributed by atoms with Crippen molar-refractivity contribution >= 4 is 17.4 Å². The Morgan fingerprint density at radius 1 is 1.08 bits per heavy atom. The zero-order chi connectivity index (χ0) is 16.6. The summed E-state index contributed by atoms with van der Waals surface area (Å²) in [6.45, 7) is 4.81. The van der Waals surface area contributed by atoms with E-state index in [0.717, 1.165) is 38.5 Å². The zero-order valence-electron chi connectivity index (χ0n) is 13.6. The Morgan fingerprint density at radius 3 is 2.67 bits per heavy atom. The van der Waals surface area contributed by atoms with Gasteiger partial charge < -0.3 is 15.4 Å². The molecule has 1 aromatic heterocycles. The van der Waals surface area contributed by atoms with Crippen LogP contribution >= 0.6 is 0 Å². The Morgan fingerprint density at radius 2 is 1.88 bits per heavy atom. The van der Waals surface area contributed by atoms with E-state index in [0.29, 0.717) is 18.1 Å². The smallest absolute Gasteiger partial charge is 0.270 e. The molecule has 126 valence electrons. The summed E-state index contributed by atoms with van der Waals surface area (Å²) in [4.78, 5) is 18.9. The van der Waals surface area contributed by atoms with Gasteiger partial charge in [-0.2, -0.15) is 0 Å². The predicted octanol–water partition coefficient (Wildman–Crippen LogP) is 1.89. The lowest BCUT2D eigenvalue weighted by molar-refractivity contribution is 0.0383. The van der Waals surface area contributed by atoms with E-state index in [1.54, 1.807) is 6.07 Å². The van der Waals surface area contributed by atoms with Crippen LogP contribution in [-0.4, -0.2) is 55.2 Å². The van der Waals surface area contributed by atoms with Crippen LogP contribution in [0.2, 0.25) is 0 Å². The van der Waals surface area contributed by atoms with Crippen molar-refractivity contribution in [1.82, 2.24) is 15.2 Å². The van der Waals surface area contributed by atoms with Crippen molar-refractivity contribution in [3.05, 3.63) is 54.2 Å². The summed E-state index contributed by atoms with van der Waals surface area (Å²) in [5.41, 5.74) is 1.35. The van der Waals surface area contributed by atoms with E-state index in [-0.39, 0.29) is 5.91 Å². The number of carbonyl (C=O) groups is 1. The van der Waals surface area contributed by atoms with Crippen LogP contribution in [-0.2, 0) is 4.74 Å². The van der Waals surface area contributed by atoms with Gasteiger partial charge in [-0.3, -0.25) is 9.69 Å². The quantitative estimate of drug-likeness (QED) is 0.848. The molecule has 0 atom stereocenters. The molecule has 2 heterocycles. The summed E-state index contributed by atoms with van der Waals surface area (Å²) in [5.74, 6) is 0.502. The van der Waals surface area contributed by atoms with Gasteiger partial charge in [0.15, 0.2) is 0 Å². The molecule has 6 nitrogen and oxygen atoms in total. The van der Waals surface area contributed by atoms with E-state index in [1.165, 1.54) is 0 Å². The molecule has 0 spiro atoms. The molecule has 1 aliphatic heterocycles. The highest BCUT2D eigenvalue weighted by Crippen LogP contribution is 2.13. The number of anilines is 2. The van der Waals surface area contributed by atoms with E-state index in [9.17, 15) is 4.79 Å². The third kappa shape index (κ3) is 4.78. The standard InChI is InChI=1S/C18H22N4O2/c23-18(19-9-10-22-11-13-24-14-12-22)16-7-4-8-17(21-16)20-15-5-2-1-3-6-15/h1-8H,9-14H2,(H,19,23)(H,20,21). The third-order valence-corrected chi connectivity index (χ3v) is 3.85. The lowest BCUT2D eigenvalue weighted by atomic mass is 10.3. The second kappa shape index (κ2) is 8.42. The van der Waals surface area contributed by atoms with Gasteiger partial charge in [0.1, 0.15) is 11.5 Å². The molecule has 24 heavy (non-hydrogen) atoms. The first kappa shape index (κ1) is 16.4. The fourth-order valence-electron chi connectivity index (χ4n) is 2.54. The molecule has 1 fully saturated rings. The summed E-state index contributed by atoms with van der Waals surface area (Å²) in [6.07, 6.45) is 0. The molecule has 2 aromatic rings. The van der Waals surface area contributed by atoms with Crippen LogP contribution in [0.1, 0.15) is 10.5 Å². The van der Waals surface area contributed by atoms with E-state index in [2.05, 4.69) is 20.5 Å². The highest BCUT2D eigenvalue weighted by molar-refractivity contribution is 5.92. The van der Waals surface area contributed by atoms with Crippen molar-refractivity contribution in [2.75, 3.05) is 44.7 Å². The Kier molecular flexibility index (Phi) is 5.76. The summed E-state index contributed by atoms with van der Waals surface area (Å²) >= 11 is 0. The van der Waals surface area contributed by atoms with Crippen molar-refractivity contribution in [2.45, 2.75) is 0 Å². The number of aromatic nitrogens is 1. The molecule has 1 amide bonds. The first-order valence-corrected chi connectivity index (χ1v) is 8.19. The fraction of sp³-hybridized carbons (Fsp3) is 0.333. The topological polar surface area (TPSA) is 66.5 Å². The summed E-state index contributed by atoms with van der Waals surface area (Å²) < 4.78 is 5.31. The minimum Gasteiger partial charge on any atom is -0.379 e. The molecule has 1 aliphatic rings. The molecule has 1 aromatic carbocycles. The minimum atomic E-state index is -0.153. The van der Waals surface area contributed by atoms with Gasteiger partial charge in [-0.05, 0) is 24.3 Å². The van der Waals surface area contributed by atoms with Crippen LogP contribution in [0, 0.1) is 0 Å². The number of nitrogens with one attached hydrogen (secondary N) is 2. The van der Waals surface area contributed by atoms with Gasteiger partial charge in [0.05, 0.1) is 13.2 Å². The summed E-state index contributed by atoms with van der Waals surface area (Å²) in [7, 11) is 0. The number of morpholine rings is 1. The number of para-hydroxylation sites is 1. The number of pyridine rings is 1. The normalized spacial score (nSPS) is 15.0. The van der Waals surface area contributed by atoms with E-state index in [4.69, 9.17) is 4.74 Å². The van der Waals surface area contributed by atoms with Gasteiger partial charge in [-0.1, -0.05) is 24.3 Å². The highest BCUT2D eigenvalue weighted by atomic mass is 16.5. The third-order valence-electron chi connectivity index (χ3n) is 3.85. The molecule has 0 saturated carbocycles. The second-order valence-electron chi connectivity index (χ2n) is 5.61. The van der Waals surface area contributed by atoms with Gasteiger partial charge in [0.2, 0.25) is 0 Å². The average molecular weight is 326 g/mol. The van der Waals surface area contributed by atoms with Crippen LogP contribution in [0.4, 0.5) is 11.5 Å². The van der Waals surface area contributed by atoms with Crippen LogP contribution in [0.25, 0.3) is 0 Å². The predicted molar refractivity (Wildman–Crippen MR) is 93.6 cm³/mol. The number of amides is 1. The number of nitrogens with zero attached hydrogens (tertiary/aromatic N) is 2. The van der Waals surface area contributed by atoms with Crippen LogP contribution in [0.15, 0.2) is 48.5 Å². The summed E-state index contributed by atoms with van der Waals surface area (Å²) in [5, 5.41) is 6.12. The van der Waals surface area contributed by atoms with Gasteiger partial charge in [0.25, 0.3) is 5.91 Å². The van der Waals surface area contributed by atoms with Crippen molar-refractivity contribution in [3.8, 4) is 0 Å². The average Bonchev–Trinajstić information content (AvgIpc) is 2.64. The molecule has 0 unspecified atom stereocenters. The van der Waals surface area contributed by atoms with Gasteiger partial charge in [0, 0.05) is 31.9 Å².